The van der Waals surface area contributed by atoms with Crippen LogP contribution in [0.15, 0.2) is 0 Å². The molecule has 0 aromatic carbocycles. The lowest BCUT2D eigenvalue weighted by molar-refractivity contribution is -0.143. The van der Waals surface area contributed by atoms with E-state index in [1.807, 2.05) is 0 Å². The topological polar surface area (TPSA) is 76.0 Å². The Morgan fingerprint density at radius 2 is 0.935 bits per heavy atom. The Morgan fingerprint density at radius 1 is 0.548 bits per heavy atom. The van der Waals surface area contributed by atoms with Gasteiger partial charge in [-0.1, -0.05) is 110 Å². The Labute approximate surface area is 193 Å². The first kappa shape index (κ1) is 32.5. The lowest BCUT2D eigenvalue weighted by Crippen LogP contribution is -2.05. The molecule has 0 aromatic heterocycles. The van der Waals surface area contributed by atoms with E-state index in [0.29, 0.717) is 26.2 Å². The van der Waals surface area contributed by atoms with E-state index in [4.69, 9.17) is 14.9 Å². The van der Waals surface area contributed by atoms with Gasteiger partial charge in [0.15, 0.2) is 0 Å². The summed E-state index contributed by atoms with van der Waals surface area (Å²) in [6.45, 7) is 5.69. The zero-order chi connectivity index (χ0) is 23.3. The van der Waals surface area contributed by atoms with Gasteiger partial charge in [-0.15, -0.1) is 0 Å². The van der Waals surface area contributed by atoms with Crippen molar-refractivity contribution < 1.29 is 24.5 Å². The van der Waals surface area contributed by atoms with Crippen LogP contribution in [0.3, 0.4) is 0 Å². The fraction of sp³-hybridized carbons (Fsp3) is 0.962. The summed E-state index contributed by atoms with van der Waals surface area (Å²) in [7, 11) is 0. The van der Waals surface area contributed by atoms with Crippen LogP contribution in [0.4, 0.5) is 0 Å². The summed E-state index contributed by atoms with van der Waals surface area (Å²) >= 11 is 0. The van der Waals surface area contributed by atoms with E-state index >= 15 is 0 Å². The van der Waals surface area contributed by atoms with Crippen LogP contribution in [0.1, 0.15) is 129 Å². The second-order valence-electron chi connectivity index (χ2n) is 8.33. The summed E-state index contributed by atoms with van der Waals surface area (Å²) in [6.07, 6.45) is 23.1. The van der Waals surface area contributed by atoms with Crippen molar-refractivity contribution >= 4 is 5.97 Å². The van der Waals surface area contributed by atoms with E-state index in [1.54, 1.807) is 0 Å². The van der Waals surface area contributed by atoms with Crippen LogP contribution in [-0.4, -0.2) is 49.2 Å². The van der Waals surface area contributed by atoms with Gasteiger partial charge < -0.3 is 19.7 Å². The molecule has 0 spiro atoms. The van der Waals surface area contributed by atoms with Gasteiger partial charge >= 0.3 is 5.97 Å². The normalized spacial score (nSPS) is 10.6. The summed E-state index contributed by atoms with van der Waals surface area (Å²) in [5.74, 6) is -0.00172. The van der Waals surface area contributed by atoms with Crippen LogP contribution < -0.4 is 0 Å². The Morgan fingerprint density at radius 3 is 1.32 bits per heavy atom. The molecule has 0 aliphatic carbocycles. The third-order valence-electron chi connectivity index (χ3n) is 5.22. The number of aliphatic hydroxyl groups is 2. The molecule has 0 unspecified atom stereocenters. The van der Waals surface area contributed by atoms with Crippen molar-refractivity contribution in [2.45, 2.75) is 129 Å². The molecule has 0 aromatic rings. The molecule has 0 atom stereocenters. The molecule has 0 rings (SSSR count). The minimum Gasteiger partial charge on any atom is -0.466 e. The van der Waals surface area contributed by atoms with Gasteiger partial charge in [0.1, 0.15) is 0 Å². The molecule has 0 saturated carbocycles. The first-order valence-electron chi connectivity index (χ1n) is 13.2. The average Bonchev–Trinajstić information content (AvgIpc) is 2.77. The molecular formula is C26H54O5. The number of ether oxygens (including phenoxy) is 2. The van der Waals surface area contributed by atoms with Gasteiger partial charge in [0.05, 0.1) is 33.0 Å². The summed E-state index contributed by atoms with van der Waals surface area (Å²) in [4.78, 5) is 11.4. The average molecular weight is 447 g/mol. The van der Waals surface area contributed by atoms with Gasteiger partial charge in [0, 0.05) is 6.42 Å². The second-order valence-corrected chi connectivity index (χ2v) is 8.33. The Balaban J connectivity index is 0. The van der Waals surface area contributed by atoms with Gasteiger partial charge in [-0.2, -0.15) is 0 Å². The molecule has 188 valence electrons. The van der Waals surface area contributed by atoms with E-state index in [-0.39, 0.29) is 19.2 Å². The fourth-order valence-corrected chi connectivity index (χ4v) is 3.27. The number of unbranched alkanes of at least 4 members (excludes halogenated alkanes) is 15. The zero-order valence-electron chi connectivity index (χ0n) is 20.9. The van der Waals surface area contributed by atoms with Crippen LogP contribution >= 0.6 is 0 Å². The number of aliphatic hydroxyl groups excluding tert-OH is 2. The molecule has 0 amide bonds. The van der Waals surface area contributed by atoms with Gasteiger partial charge in [-0.05, 0) is 12.8 Å². The quantitative estimate of drug-likeness (QED) is 0.137. The summed E-state index contributed by atoms with van der Waals surface area (Å²) in [5, 5.41) is 16.2. The zero-order valence-corrected chi connectivity index (χ0v) is 20.9. The van der Waals surface area contributed by atoms with Crippen molar-refractivity contribution in [1.82, 2.24) is 0 Å². The smallest absolute Gasteiger partial charge is 0.305 e. The predicted molar refractivity (Wildman–Crippen MR) is 130 cm³/mol. The van der Waals surface area contributed by atoms with Crippen molar-refractivity contribution in [2.75, 3.05) is 33.0 Å². The molecule has 0 aliphatic heterocycles. The van der Waals surface area contributed by atoms with Crippen LogP contribution in [0.2, 0.25) is 0 Å². The molecular weight excluding hydrogens is 392 g/mol. The highest BCUT2D eigenvalue weighted by atomic mass is 16.5. The molecule has 5 nitrogen and oxygen atoms in total. The number of hydrogen-bond donors (Lipinski definition) is 2. The van der Waals surface area contributed by atoms with Gasteiger partial charge in [-0.3, -0.25) is 4.79 Å². The maximum atomic E-state index is 11.4. The summed E-state index contributed by atoms with van der Waals surface area (Å²) in [5.41, 5.74) is 0. The molecule has 0 bridgehead atoms. The summed E-state index contributed by atoms with van der Waals surface area (Å²) < 4.78 is 9.79. The van der Waals surface area contributed by atoms with Crippen LogP contribution in [-0.2, 0) is 14.3 Å². The molecule has 31 heavy (non-hydrogen) atoms. The third-order valence-corrected chi connectivity index (χ3v) is 5.22. The number of hydrogen-bond acceptors (Lipinski definition) is 5. The van der Waals surface area contributed by atoms with Crippen molar-refractivity contribution in [3.63, 3.8) is 0 Å². The highest BCUT2D eigenvalue weighted by Crippen LogP contribution is 2.13. The van der Waals surface area contributed by atoms with Gasteiger partial charge in [0.25, 0.3) is 0 Å². The van der Waals surface area contributed by atoms with Crippen LogP contribution in [0.5, 0.6) is 0 Å². The standard InChI is InChI=1S/C22H44O2.C4H10O3/c1-3-5-7-8-9-10-11-12-13-14-15-16-17-18-19-20-22(23)24-21-6-4-2;5-1-3-7-4-2-6/h3-21H2,1-2H3;5-6H,1-4H2. The first-order valence-corrected chi connectivity index (χ1v) is 13.2. The maximum absolute atomic E-state index is 11.4. The number of carbonyl (C=O) groups excluding carboxylic acids is 1. The molecule has 0 aliphatic rings. The Kier molecular flexibility index (Phi) is 33.1. The maximum Gasteiger partial charge on any atom is 0.305 e. The molecule has 0 radical (unpaired) electrons. The van der Waals surface area contributed by atoms with Crippen molar-refractivity contribution in [2.24, 2.45) is 0 Å². The van der Waals surface area contributed by atoms with Crippen LogP contribution in [0, 0.1) is 0 Å². The lowest BCUT2D eigenvalue weighted by Gasteiger charge is -2.04. The van der Waals surface area contributed by atoms with Crippen molar-refractivity contribution in [3.8, 4) is 0 Å². The van der Waals surface area contributed by atoms with E-state index in [2.05, 4.69) is 18.6 Å². The Hall–Kier alpha value is -0.650. The summed E-state index contributed by atoms with van der Waals surface area (Å²) in [6, 6.07) is 0. The van der Waals surface area contributed by atoms with Crippen molar-refractivity contribution in [1.29, 1.82) is 0 Å². The molecule has 2 N–H and O–H groups in total. The largest absolute Gasteiger partial charge is 0.466 e. The van der Waals surface area contributed by atoms with Crippen molar-refractivity contribution in [3.05, 3.63) is 0 Å². The predicted octanol–water partition coefficient (Wildman–Crippen LogP) is 6.58. The lowest BCUT2D eigenvalue weighted by atomic mass is 10.0. The fourth-order valence-electron chi connectivity index (χ4n) is 3.27. The van der Waals surface area contributed by atoms with Crippen LogP contribution in [0.25, 0.3) is 0 Å². The molecule has 0 heterocycles. The number of esters is 1. The van der Waals surface area contributed by atoms with Gasteiger partial charge in [-0.25, -0.2) is 0 Å². The molecule has 0 fully saturated rings. The molecule has 5 heteroatoms. The SMILES string of the molecule is CCCCCCCCCCCCCCCCCC(=O)OCCCC.OCCOCCO. The highest BCUT2D eigenvalue weighted by molar-refractivity contribution is 5.69. The first-order chi connectivity index (χ1) is 15.2. The number of carbonyl (C=O) groups is 1. The monoisotopic (exact) mass is 446 g/mol. The van der Waals surface area contributed by atoms with E-state index in [1.165, 1.54) is 89.9 Å². The minimum atomic E-state index is -0.00172. The Bertz CT molecular complexity index is 319. The minimum absolute atomic E-state index is 0.00172. The highest BCUT2D eigenvalue weighted by Gasteiger charge is 2.01. The number of rotatable bonds is 23. The van der Waals surface area contributed by atoms with E-state index in [9.17, 15) is 4.79 Å². The van der Waals surface area contributed by atoms with E-state index in [0.717, 1.165) is 19.3 Å². The molecule has 0 saturated heterocycles. The second kappa shape index (κ2) is 31.5. The third kappa shape index (κ3) is 34.2. The van der Waals surface area contributed by atoms with Gasteiger partial charge in [0.2, 0.25) is 0 Å². The van der Waals surface area contributed by atoms with E-state index < -0.39 is 0 Å².